The first-order valence-electron chi connectivity index (χ1n) is 31.8. The number of allylic oxidation sites excluding steroid dienone is 14. The molecule has 0 aromatic carbocycles. The van der Waals surface area contributed by atoms with Gasteiger partial charge < -0.3 is 27.9 Å². The highest BCUT2D eigenvalue weighted by molar-refractivity contribution is 7.45. The van der Waals surface area contributed by atoms with Gasteiger partial charge in [-0.05, 0) is 89.9 Å². The first kappa shape index (κ1) is 74.2. The van der Waals surface area contributed by atoms with Crippen LogP contribution in [-0.4, -0.2) is 70.0 Å². The molecule has 0 fully saturated rings. The minimum Gasteiger partial charge on any atom is -0.756 e. The fraction of sp³-hybridized carbons (Fsp3) is 0.761. The molecule has 0 aromatic heterocycles. The van der Waals surface area contributed by atoms with Gasteiger partial charge in [0.05, 0.1) is 27.7 Å². The van der Waals surface area contributed by atoms with Gasteiger partial charge in [0.1, 0.15) is 19.8 Å². The number of quaternary nitrogens is 1. The fourth-order valence-electron chi connectivity index (χ4n) is 8.77. The third-order valence-corrected chi connectivity index (χ3v) is 14.6. The van der Waals surface area contributed by atoms with E-state index in [0.717, 1.165) is 89.9 Å². The highest BCUT2D eigenvalue weighted by Crippen LogP contribution is 2.38. The van der Waals surface area contributed by atoms with Crippen molar-refractivity contribution in [1.82, 2.24) is 0 Å². The Labute approximate surface area is 475 Å². The van der Waals surface area contributed by atoms with Gasteiger partial charge >= 0.3 is 11.9 Å². The number of esters is 2. The number of carbonyl (C=O) groups is 2. The van der Waals surface area contributed by atoms with E-state index < -0.39 is 26.5 Å². The predicted molar refractivity (Wildman–Crippen MR) is 328 cm³/mol. The Hall–Kier alpha value is -2.81. The average molecular weight is 1100 g/mol. The highest BCUT2D eigenvalue weighted by Gasteiger charge is 2.22. The second-order valence-electron chi connectivity index (χ2n) is 22.4. The number of unbranched alkanes of at least 4 members (excludes halogenated alkanes) is 30. The summed E-state index contributed by atoms with van der Waals surface area (Å²) in [5.74, 6) is -0.835. The third-order valence-electron chi connectivity index (χ3n) is 13.6. The van der Waals surface area contributed by atoms with E-state index in [0.29, 0.717) is 17.4 Å². The number of carbonyl (C=O) groups excluding carboxylic acids is 2. The summed E-state index contributed by atoms with van der Waals surface area (Å²) in [7, 11) is 1.16. The van der Waals surface area contributed by atoms with Crippen molar-refractivity contribution in [2.45, 2.75) is 283 Å². The Kier molecular flexibility index (Phi) is 55.8. The summed E-state index contributed by atoms with van der Waals surface area (Å²) in [6.07, 6.45) is 77.9. The normalized spacial score (nSPS) is 13.8. The van der Waals surface area contributed by atoms with E-state index in [9.17, 15) is 19.0 Å². The molecule has 2 unspecified atom stereocenters. The molecule has 0 saturated carbocycles. The average Bonchev–Trinajstić information content (AvgIpc) is 3.39. The Morgan fingerprint density at radius 3 is 1.10 bits per heavy atom. The highest BCUT2D eigenvalue weighted by atomic mass is 31.2. The first-order valence-corrected chi connectivity index (χ1v) is 33.3. The van der Waals surface area contributed by atoms with Crippen molar-refractivity contribution >= 4 is 19.8 Å². The first-order chi connectivity index (χ1) is 37.5. The van der Waals surface area contributed by atoms with E-state index in [1.54, 1.807) is 0 Å². The van der Waals surface area contributed by atoms with Gasteiger partial charge in [-0.2, -0.15) is 0 Å². The molecule has 77 heavy (non-hydrogen) atoms. The van der Waals surface area contributed by atoms with Crippen LogP contribution in [0.5, 0.6) is 0 Å². The number of nitrogens with zero attached hydrogens (tertiary/aromatic N) is 1. The molecule has 0 rings (SSSR count). The van der Waals surface area contributed by atoms with Crippen LogP contribution in [-0.2, 0) is 32.7 Å². The van der Waals surface area contributed by atoms with Gasteiger partial charge in [-0.3, -0.25) is 14.2 Å². The van der Waals surface area contributed by atoms with Crippen molar-refractivity contribution in [3.8, 4) is 0 Å². The van der Waals surface area contributed by atoms with Gasteiger partial charge in [0, 0.05) is 12.8 Å². The summed E-state index contributed by atoms with van der Waals surface area (Å²) in [6, 6.07) is 0. The van der Waals surface area contributed by atoms with Crippen LogP contribution in [0.2, 0.25) is 0 Å². The van der Waals surface area contributed by atoms with Gasteiger partial charge in [-0.1, -0.05) is 259 Å². The summed E-state index contributed by atoms with van der Waals surface area (Å²) in [6.45, 7) is 4.12. The van der Waals surface area contributed by atoms with Crippen molar-refractivity contribution in [3.05, 3.63) is 85.1 Å². The summed E-state index contributed by atoms with van der Waals surface area (Å²) in [5.41, 5.74) is 0. The summed E-state index contributed by atoms with van der Waals surface area (Å²) < 4.78 is 34.2. The molecular weight excluding hydrogens is 978 g/mol. The number of likely N-dealkylation sites (N-methyl/N-ethyl adjacent to an activating group) is 1. The van der Waals surface area contributed by atoms with Crippen LogP contribution < -0.4 is 4.89 Å². The van der Waals surface area contributed by atoms with E-state index in [2.05, 4.69) is 98.9 Å². The smallest absolute Gasteiger partial charge is 0.306 e. The van der Waals surface area contributed by atoms with E-state index in [1.807, 2.05) is 21.1 Å². The third kappa shape index (κ3) is 62.3. The maximum absolute atomic E-state index is 12.8. The molecule has 0 saturated heterocycles. The topological polar surface area (TPSA) is 111 Å². The Morgan fingerprint density at radius 2 is 0.740 bits per heavy atom. The lowest BCUT2D eigenvalue weighted by atomic mass is 10.0. The van der Waals surface area contributed by atoms with Crippen molar-refractivity contribution in [2.75, 3.05) is 47.5 Å². The molecule has 10 heteroatoms. The van der Waals surface area contributed by atoms with Crippen LogP contribution in [0, 0.1) is 0 Å². The van der Waals surface area contributed by atoms with Gasteiger partial charge in [0.15, 0.2) is 6.10 Å². The second-order valence-corrected chi connectivity index (χ2v) is 23.8. The van der Waals surface area contributed by atoms with Crippen LogP contribution >= 0.6 is 7.82 Å². The van der Waals surface area contributed by atoms with Gasteiger partial charge in [0.2, 0.25) is 0 Å². The van der Waals surface area contributed by atoms with Crippen LogP contribution in [0.3, 0.4) is 0 Å². The zero-order chi connectivity index (χ0) is 56.3. The molecule has 0 radical (unpaired) electrons. The maximum Gasteiger partial charge on any atom is 0.306 e. The number of hydrogen-bond acceptors (Lipinski definition) is 8. The van der Waals surface area contributed by atoms with E-state index in [4.69, 9.17) is 18.5 Å². The molecule has 0 N–H and O–H groups in total. The van der Waals surface area contributed by atoms with Crippen LogP contribution in [0.4, 0.5) is 0 Å². The van der Waals surface area contributed by atoms with Crippen LogP contribution in [0.1, 0.15) is 277 Å². The van der Waals surface area contributed by atoms with Gasteiger partial charge in [0.25, 0.3) is 7.82 Å². The zero-order valence-corrected chi connectivity index (χ0v) is 51.5. The molecule has 0 aliphatic rings. The Balaban J connectivity index is 4.03. The monoisotopic (exact) mass is 1100 g/mol. The standard InChI is InChI=1S/C67H120NO8P/c1-6-8-10-12-14-16-18-20-22-24-26-27-28-29-30-31-32-33-34-35-36-37-38-39-40-41-42-44-46-48-50-52-54-56-58-60-67(70)76-65(64-75-77(71,72)74-62-61-68(3,4)5)63-73-66(69)59-57-55-53-51-49-47-45-43-25-23-21-19-17-15-13-11-9-7-2/h8,10,14,16-17,19-20,22-23,25-27,29-30,65H,6-7,9,11-13,15,18,21,24,28,31-64H2,1-5H3/b10-8-,16-14-,19-17-,22-20-,25-23-,27-26-,30-29-. The molecule has 9 nitrogen and oxygen atoms in total. The lowest BCUT2D eigenvalue weighted by Gasteiger charge is -2.28. The quantitative estimate of drug-likeness (QED) is 0.0195. The van der Waals surface area contributed by atoms with Gasteiger partial charge in [-0.15, -0.1) is 0 Å². The van der Waals surface area contributed by atoms with Crippen molar-refractivity contribution in [1.29, 1.82) is 0 Å². The molecule has 2 atom stereocenters. The minimum absolute atomic E-state index is 0.0335. The molecule has 0 aliphatic carbocycles. The number of ether oxygens (including phenoxy) is 2. The van der Waals surface area contributed by atoms with Crippen LogP contribution in [0.25, 0.3) is 0 Å². The molecule has 0 spiro atoms. The number of rotatable bonds is 58. The van der Waals surface area contributed by atoms with Crippen LogP contribution in [0.15, 0.2) is 85.1 Å². The molecule has 0 aliphatic heterocycles. The fourth-order valence-corrected chi connectivity index (χ4v) is 9.50. The summed E-state index contributed by atoms with van der Waals surface area (Å²) in [5, 5.41) is 0. The second kappa shape index (κ2) is 57.9. The number of phosphoric ester groups is 1. The van der Waals surface area contributed by atoms with E-state index in [1.165, 1.54) is 154 Å². The SMILES string of the molecule is CC/C=C\C/C=C\C/C=C\C/C=C\C/C=C\CCCCCCCCCCCCCCCCCCCCCC(=O)OC(COC(=O)CCCCCCCCC/C=C\C/C=C\CCCCCC)COP(=O)([O-])OCC[N+](C)(C)C. The molecule has 0 heterocycles. The lowest BCUT2D eigenvalue weighted by molar-refractivity contribution is -0.870. The Morgan fingerprint density at radius 1 is 0.416 bits per heavy atom. The van der Waals surface area contributed by atoms with Crippen molar-refractivity contribution < 1.29 is 42.1 Å². The Bertz CT molecular complexity index is 1580. The minimum atomic E-state index is -4.64. The molecule has 446 valence electrons. The van der Waals surface area contributed by atoms with E-state index in [-0.39, 0.29) is 32.0 Å². The molecule has 0 aromatic rings. The van der Waals surface area contributed by atoms with Crippen molar-refractivity contribution in [3.63, 3.8) is 0 Å². The lowest BCUT2D eigenvalue weighted by Crippen LogP contribution is -2.37. The summed E-state index contributed by atoms with van der Waals surface area (Å²) in [4.78, 5) is 37.9. The van der Waals surface area contributed by atoms with Gasteiger partial charge in [-0.25, -0.2) is 0 Å². The summed E-state index contributed by atoms with van der Waals surface area (Å²) >= 11 is 0. The van der Waals surface area contributed by atoms with Crippen molar-refractivity contribution in [2.24, 2.45) is 0 Å². The predicted octanol–water partition coefficient (Wildman–Crippen LogP) is 19.6. The molecule has 0 bridgehead atoms. The molecule has 0 amide bonds. The maximum atomic E-state index is 12.8. The van der Waals surface area contributed by atoms with E-state index >= 15 is 0 Å². The zero-order valence-electron chi connectivity index (χ0n) is 50.6. The number of phosphoric acid groups is 1. The molecular formula is C67H120NO8P. The largest absolute Gasteiger partial charge is 0.756 e. The number of hydrogen-bond donors (Lipinski definition) is 0.